The summed E-state index contributed by atoms with van der Waals surface area (Å²) in [5.74, 6) is 2.43. The first-order valence-electron chi connectivity index (χ1n) is 16.1. The van der Waals surface area contributed by atoms with Gasteiger partial charge >= 0.3 is 0 Å². The normalized spacial score (nSPS) is 20.7. The maximum absolute atomic E-state index is 14.8. The number of halogens is 1. The van der Waals surface area contributed by atoms with Crippen LogP contribution in [-0.2, 0) is 16.1 Å². The standard InChI is InChI=1S/C33H51FN4O3Si2/c1-42(2,3)13-11-40-22-37(23-41-12-14-43(4,5)6)32-19-31(28-16-24-7-8-25(15-24)17-28)36-33-29(20-35-38(32)33)26-9-10-27(21-39)30(34)18-26/h9-10,18-20,24-25,28,39H,7-8,11-17,21-23H2,1-6H3/t24-,25+,28+. The van der Waals surface area contributed by atoms with Crippen molar-refractivity contribution in [3.63, 3.8) is 0 Å². The third-order valence-electron chi connectivity index (χ3n) is 9.12. The summed E-state index contributed by atoms with van der Waals surface area (Å²) in [5.41, 5.74) is 3.57. The fourth-order valence-electron chi connectivity index (χ4n) is 6.47. The molecule has 0 radical (unpaired) electrons. The summed E-state index contributed by atoms with van der Waals surface area (Å²) in [4.78, 5) is 7.39. The van der Waals surface area contributed by atoms with E-state index in [9.17, 15) is 9.50 Å². The van der Waals surface area contributed by atoms with Gasteiger partial charge in [0.1, 0.15) is 25.1 Å². The lowest BCUT2D eigenvalue weighted by atomic mass is 9.79. The predicted molar refractivity (Wildman–Crippen MR) is 178 cm³/mol. The largest absolute Gasteiger partial charge is 0.392 e. The Kier molecular flexibility index (Phi) is 10.1. The Labute approximate surface area is 258 Å². The fourth-order valence-corrected chi connectivity index (χ4v) is 7.98. The van der Waals surface area contributed by atoms with Gasteiger partial charge in [0.05, 0.1) is 12.8 Å². The minimum absolute atomic E-state index is 0.282. The zero-order valence-corrected chi connectivity index (χ0v) is 29.0. The van der Waals surface area contributed by atoms with Gasteiger partial charge < -0.3 is 19.5 Å². The molecule has 0 saturated heterocycles. The van der Waals surface area contributed by atoms with Crippen molar-refractivity contribution in [2.24, 2.45) is 11.8 Å². The van der Waals surface area contributed by atoms with Gasteiger partial charge in [-0.15, -0.1) is 0 Å². The number of aliphatic hydroxyl groups is 1. The van der Waals surface area contributed by atoms with Crippen LogP contribution in [0.1, 0.15) is 49.3 Å². The van der Waals surface area contributed by atoms with Crippen LogP contribution in [0.2, 0.25) is 51.4 Å². The van der Waals surface area contributed by atoms with Gasteiger partial charge in [-0.3, -0.25) is 0 Å². The number of benzene rings is 1. The molecule has 1 aromatic carbocycles. The molecule has 2 aromatic heterocycles. The summed E-state index contributed by atoms with van der Waals surface area (Å²) in [6.45, 7) is 16.1. The van der Waals surface area contributed by atoms with Gasteiger partial charge in [-0.1, -0.05) is 64.3 Å². The average molecular weight is 627 g/mol. The second-order valence-electron chi connectivity index (χ2n) is 15.2. The summed E-state index contributed by atoms with van der Waals surface area (Å²) < 4.78 is 29.2. The monoisotopic (exact) mass is 626 g/mol. The van der Waals surface area contributed by atoms with Crippen molar-refractivity contribution < 1.29 is 19.0 Å². The first kappa shape index (κ1) is 32.3. The molecule has 2 fully saturated rings. The molecular formula is C33H51FN4O3Si2. The second kappa shape index (κ2) is 13.5. The summed E-state index contributed by atoms with van der Waals surface area (Å²) in [6, 6.07) is 9.37. The van der Waals surface area contributed by atoms with Crippen LogP contribution in [0.25, 0.3) is 16.8 Å². The Balaban J connectivity index is 1.52. The Morgan fingerprint density at radius 3 is 2.12 bits per heavy atom. The molecule has 2 aliphatic carbocycles. The number of hydrogen-bond donors (Lipinski definition) is 1. The number of rotatable bonds is 14. The van der Waals surface area contributed by atoms with Gasteiger partial charge in [0.15, 0.2) is 5.65 Å². The van der Waals surface area contributed by atoms with Crippen LogP contribution in [0.5, 0.6) is 0 Å². The SMILES string of the molecule is C[Si](C)(C)CCOCN(COCC[Si](C)(C)C)c1cc([C@H]2C[C@@H]3CC[C@@H](C3)C2)nc2c(-c3ccc(CO)c(F)c3)cnn12. The Morgan fingerprint density at radius 2 is 1.56 bits per heavy atom. The fraction of sp³-hybridized carbons (Fsp3) is 0.636. The maximum atomic E-state index is 14.8. The lowest BCUT2D eigenvalue weighted by Gasteiger charge is -2.30. The van der Waals surface area contributed by atoms with E-state index in [1.165, 1.54) is 38.2 Å². The first-order chi connectivity index (χ1) is 20.4. The highest BCUT2D eigenvalue weighted by Gasteiger charge is 2.36. The molecule has 2 heterocycles. The zero-order valence-electron chi connectivity index (χ0n) is 27.0. The van der Waals surface area contributed by atoms with Crippen LogP contribution in [0.15, 0.2) is 30.5 Å². The summed E-state index contributed by atoms with van der Waals surface area (Å²) in [5, 5.41) is 14.3. The topological polar surface area (TPSA) is 72.1 Å². The number of fused-ring (bicyclic) bond motifs is 3. The van der Waals surface area contributed by atoms with E-state index in [0.717, 1.165) is 59.9 Å². The second-order valence-corrected chi connectivity index (χ2v) is 26.5. The lowest BCUT2D eigenvalue weighted by Crippen LogP contribution is -2.33. The van der Waals surface area contributed by atoms with Gasteiger partial charge in [0, 0.05) is 58.2 Å². The highest BCUT2D eigenvalue weighted by Crippen LogP contribution is 2.48. The van der Waals surface area contributed by atoms with Crippen molar-refractivity contribution in [1.82, 2.24) is 14.6 Å². The molecule has 7 nitrogen and oxygen atoms in total. The van der Waals surface area contributed by atoms with E-state index >= 15 is 0 Å². The van der Waals surface area contributed by atoms with Crippen LogP contribution < -0.4 is 4.90 Å². The van der Waals surface area contributed by atoms with Crippen molar-refractivity contribution in [3.05, 3.63) is 47.5 Å². The Morgan fingerprint density at radius 1 is 0.930 bits per heavy atom. The molecule has 3 atom stereocenters. The molecule has 2 aliphatic rings. The number of aromatic nitrogens is 3. The van der Waals surface area contributed by atoms with Crippen LogP contribution in [0.3, 0.4) is 0 Å². The molecule has 0 spiro atoms. The highest BCUT2D eigenvalue weighted by atomic mass is 28.3. The van der Waals surface area contributed by atoms with Crippen molar-refractivity contribution in [3.8, 4) is 11.1 Å². The number of ether oxygens (including phenoxy) is 2. The molecule has 0 unspecified atom stereocenters. The van der Waals surface area contributed by atoms with Crippen molar-refractivity contribution in [2.75, 3.05) is 31.6 Å². The minimum Gasteiger partial charge on any atom is -0.392 e. The van der Waals surface area contributed by atoms with Crippen molar-refractivity contribution in [2.45, 2.75) is 96.0 Å². The van der Waals surface area contributed by atoms with Gasteiger partial charge in [-0.2, -0.15) is 9.61 Å². The number of nitrogens with zero attached hydrogens (tertiary/aromatic N) is 4. The quantitative estimate of drug-likeness (QED) is 0.112. The maximum Gasteiger partial charge on any atom is 0.165 e. The Bertz CT molecular complexity index is 1350. The van der Waals surface area contributed by atoms with Crippen LogP contribution in [0, 0.1) is 17.7 Å². The van der Waals surface area contributed by atoms with E-state index in [2.05, 4.69) is 50.2 Å². The number of anilines is 1. The molecule has 1 N–H and O–H groups in total. The average Bonchev–Trinajstić information content (AvgIpc) is 3.52. The molecule has 0 aliphatic heterocycles. The number of hydrogen-bond acceptors (Lipinski definition) is 6. The van der Waals surface area contributed by atoms with Crippen molar-refractivity contribution in [1.29, 1.82) is 0 Å². The predicted octanol–water partition coefficient (Wildman–Crippen LogP) is 7.75. The molecule has 43 heavy (non-hydrogen) atoms. The molecule has 3 aromatic rings. The highest BCUT2D eigenvalue weighted by molar-refractivity contribution is 6.76. The summed E-state index contributed by atoms with van der Waals surface area (Å²) in [7, 11) is -2.47. The van der Waals surface area contributed by atoms with E-state index in [0.29, 0.717) is 24.9 Å². The van der Waals surface area contributed by atoms with Crippen LogP contribution >= 0.6 is 0 Å². The minimum atomic E-state index is -1.23. The van der Waals surface area contributed by atoms with E-state index in [1.54, 1.807) is 12.3 Å². The molecule has 2 saturated carbocycles. The van der Waals surface area contributed by atoms with Gasteiger partial charge in [-0.25, -0.2) is 9.37 Å². The molecule has 0 amide bonds. The molecule has 236 valence electrons. The smallest absolute Gasteiger partial charge is 0.165 e. The van der Waals surface area contributed by atoms with Gasteiger partial charge in [0.2, 0.25) is 0 Å². The zero-order chi connectivity index (χ0) is 30.8. The third-order valence-corrected chi connectivity index (χ3v) is 12.5. The van der Waals surface area contributed by atoms with E-state index < -0.39 is 22.0 Å². The third kappa shape index (κ3) is 8.33. The molecular weight excluding hydrogens is 576 g/mol. The van der Waals surface area contributed by atoms with Crippen molar-refractivity contribution >= 4 is 27.6 Å². The molecule has 10 heteroatoms. The van der Waals surface area contributed by atoms with Gasteiger partial charge in [0.25, 0.3) is 0 Å². The molecule has 2 bridgehead atoms. The summed E-state index contributed by atoms with van der Waals surface area (Å²) in [6.07, 6.45) is 8.12. The van der Waals surface area contributed by atoms with Crippen LogP contribution in [-0.4, -0.2) is 62.5 Å². The van der Waals surface area contributed by atoms with Crippen LogP contribution in [0.4, 0.5) is 10.2 Å². The molecule has 5 rings (SSSR count). The van der Waals surface area contributed by atoms with Gasteiger partial charge in [-0.05, 0) is 54.8 Å². The van der Waals surface area contributed by atoms with E-state index in [4.69, 9.17) is 19.6 Å². The first-order valence-corrected chi connectivity index (χ1v) is 23.5. The summed E-state index contributed by atoms with van der Waals surface area (Å²) >= 11 is 0. The van der Waals surface area contributed by atoms with E-state index in [1.807, 2.05) is 10.6 Å². The Hall–Kier alpha value is -2.12. The van der Waals surface area contributed by atoms with E-state index in [-0.39, 0.29) is 12.2 Å². The number of aliphatic hydroxyl groups excluding tert-OH is 1. The lowest BCUT2D eigenvalue weighted by molar-refractivity contribution is 0.0942.